The van der Waals surface area contributed by atoms with Crippen LogP contribution in [-0.2, 0) is 14.3 Å². The summed E-state index contributed by atoms with van der Waals surface area (Å²) in [5.41, 5.74) is 4.06. The molecular formula is C27H38N4O5S. The maximum absolute atomic E-state index is 13.4. The third-order valence-electron chi connectivity index (χ3n) is 6.25. The first kappa shape index (κ1) is 28.6. The van der Waals surface area contributed by atoms with E-state index in [9.17, 15) is 19.5 Å². The molecular weight excluding hydrogens is 492 g/mol. The van der Waals surface area contributed by atoms with Gasteiger partial charge in [0.05, 0.1) is 28.2 Å². The van der Waals surface area contributed by atoms with E-state index >= 15 is 0 Å². The summed E-state index contributed by atoms with van der Waals surface area (Å²) in [5, 5.41) is 16.0. The molecule has 202 valence electrons. The number of aryl methyl sites for hydroxylation is 1. The molecule has 0 bridgehead atoms. The second kappa shape index (κ2) is 11.6. The first-order chi connectivity index (χ1) is 17.3. The monoisotopic (exact) mass is 530 g/mol. The molecule has 37 heavy (non-hydrogen) atoms. The number of nitrogens with zero attached hydrogens (tertiary/aromatic N) is 2. The Morgan fingerprint density at radius 3 is 2.32 bits per heavy atom. The van der Waals surface area contributed by atoms with Gasteiger partial charge in [0.1, 0.15) is 17.7 Å². The van der Waals surface area contributed by atoms with Gasteiger partial charge < -0.3 is 25.4 Å². The fraction of sp³-hybridized carbons (Fsp3) is 0.556. The molecule has 4 atom stereocenters. The minimum Gasteiger partial charge on any atom is -0.444 e. The number of hydrogen-bond donors (Lipinski definition) is 3. The van der Waals surface area contributed by atoms with Crippen molar-refractivity contribution >= 4 is 29.2 Å². The second-order valence-electron chi connectivity index (χ2n) is 10.9. The molecule has 0 aliphatic carbocycles. The molecule has 1 aromatic heterocycles. The number of hydrogen-bond acceptors (Lipinski definition) is 7. The van der Waals surface area contributed by atoms with E-state index in [1.807, 2.05) is 43.6 Å². The van der Waals surface area contributed by atoms with Crippen LogP contribution in [0.25, 0.3) is 10.4 Å². The smallest absolute Gasteiger partial charge is 0.408 e. The van der Waals surface area contributed by atoms with Gasteiger partial charge in [0.25, 0.3) is 0 Å². The Labute approximate surface area is 222 Å². The lowest BCUT2D eigenvalue weighted by atomic mass is 10.0. The standard InChI is InChI=1S/C27H38N4O5S/c1-15(2)22(30-26(35)36-27(5,6)7)25(34)31-13-20(32)12-21(31)24(33)29-16(3)18-8-10-19(11-9-18)23-17(4)28-14-37-23/h8-11,14-16,20-22,32H,12-13H2,1-7H3,(H,29,33)(H,30,35)/t16-,20+,21-,22-/m0/s1. The van der Waals surface area contributed by atoms with E-state index in [-0.39, 0.29) is 30.8 Å². The Kier molecular flexibility index (Phi) is 8.96. The van der Waals surface area contributed by atoms with Crippen molar-refractivity contribution in [3.8, 4) is 10.4 Å². The number of benzene rings is 1. The Morgan fingerprint density at radius 1 is 1.14 bits per heavy atom. The van der Waals surface area contributed by atoms with Gasteiger partial charge in [-0.15, -0.1) is 11.3 Å². The number of carbonyl (C=O) groups is 3. The largest absolute Gasteiger partial charge is 0.444 e. The molecule has 0 saturated carbocycles. The SMILES string of the molecule is Cc1ncsc1-c1ccc([C@H](C)NC(=O)[C@@H]2C[C@@H](O)CN2C(=O)[C@@H](NC(=O)OC(C)(C)C)C(C)C)cc1. The van der Waals surface area contributed by atoms with Gasteiger partial charge in [0.2, 0.25) is 11.8 Å². The van der Waals surface area contributed by atoms with Crippen molar-refractivity contribution in [2.24, 2.45) is 5.92 Å². The summed E-state index contributed by atoms with van der Waals surface area (Å²) in [5.74, 6) is -1.02. The number of amides is 3. The van der Waals surface area contributed by atoms with E-state index in [4.69, 9.17) is 4.74 Å². The van der Waals surface area contributed by atoms with Crippen molar-refractivity contribution in [1.29, 1.82) is 0 Å². The van der Waals surface area contributed by atoms with Crippen molar-refractivity contribution in [3.05, 3.63) is 41.0 Å². The molecule has 3 rings (SSSR count). The number of alkyl carbamates (subject to hydrolysis) is 1. The van der Waals surface area contributed by atoms with Crippen LogP contribution in [0.2, 0.25) is 0 Å². The predicted octanol–water partition coefficient (Wildman–Crippen LogP) is 3.81. The second-order valence-corrected chi connectivity index (χ2v) is 11.7. The van der Waals surface area contributed by atoms with E-state index < -0.39 is 35.8 Å². The number of rotatable bonds is 7. The maximum Gasteiger partial charge on any atom is 0.408 e. The number of likely N-dealkylation sites (tertiary alicyclic amines) is 1. The highest BCUT2D eigenvalue weighted by Crippen LogP contribution is 2.28. The molecule has 1 fully saturated rings. The molecule has 1 saturated heterocycles. The zero-order valence-corrected chi connectivity index (χ0v) is 23.4. The number of aliphatic hydroxyl groups excluding tert-OH is 1. The molecule has 1 aliphatic rings. The van der Waals surface area contributed by atoms with Crippen LogP contribution >= 0.6 is 11.3 Å². The van der Waals surface area contributed by atoms with E-state index in [0.29, 0.717) is 0 Å². The van der Waals surface area contributed by atoms with Crippen LogP contribution in [0.5, 0.6) is 0 Å². The van der Waals surface area contributed by atoms with Crippen LogP contribution in [0.15, 0.2) is 29.8 Å². The molecule has 0 unspecified atom stereocenters. The number of nitrogens with one attached hydrogen (secondary N) is 2. The van der Waals surface area contributed by atoms with Crippen LogP contribution in [-0.4, -0.2) is 63.2 Å². The quantitative estimate of drug-likeness (QED) is 0.501. The molecule has 2 aromatic rings. The Hall–Kier alpha value is -2.98. The van der Waals surface area contributed by atoms with Gasteiger partial charge in [-0.3, -0.25) is 9.59 Å². The average molecular weight is 531 g/mol. The molecule has 1 aromatic carbocycles. The molecule has 3 amide bonds. The third-order valence-corrected chi connectivity index (χ3v) is 7.22. The number of β-amino-alcohol motifs (C(OH)–C–C–N with tert-alkyl or cyclic N) is 1. The summed E-state index contributed by atoms with van der Waals surface area (Å²) in [6.07, 6.45) is -1.40. The fourth-order valence-electron chi connectivity index (χ4n) is 4.33. The van der Waals surface area contributed by atoms with E-state index in [0.717, 1.165) is 21.7 Å². The lowest BCUT2D eigenvalue weighted by Gasteiger charge is -2.31. The van der Waals surface area contributed by atoms with Gasteiger partial charge in [-0.2, -0.15) is 0 Å². The molecule has 0 radical (unpaired) electrons. The topological polar surface area (TPSA) is 121 Å². The number of aromatic nitrogens is 1. The summed E-state index contributed by atoms with van der Waals surface area (Å²) >= 11 is 1.58. The van der Waals surface area contributed by atoms with E-state index in [2.05, 4.69) is 15.6 Å². The minimum absolute atomic E-state index is 0.0212. The maximum atomic E-state index is 13.4. The number of aliphatic hydroxyl groups is 1. The molecule has 0 spiro atoms. The van der Waals surface area contributed by atoms with E-state index in [1.54, 1.807) is 46.0 Å². The fourth-order valence-corrected chi connectivity index (χ4v) is 5.14. The molecule has 9 nitrogen and oxygen atoms in total. The number of thiazole rings is 1. The Morgan fingerprint density at radius 2 is 1.78 bits per heavy atom. The van der Waals surface area contributed by atoms with Crippen molar-refractivity contribution in [1.82, 2.24) is 20.5 Å². The van der Waals surface area contributed by atoms with Gasteiger partial charge in [0.15, 0.2) is 0 Å². The van der Waals surface area contributed by atoms with Crippen LogP contribution in [0.3, 0.4) is 0 Å². The zero-order chi connectivity index (χ0) is 27.5. The highest BCUT2D eigenvalue weighted by molar-refractivity contribution is 7.13. The van der Waals surface area contributed by atoms with Gasteiger partial charge in [-0.1, -0.05) is 38.1 Å². The van der Waals surface area contributed by atoms with Gasteiger partial charge in [-0.05, 0) is 51.7 Å². The van der Waals surface area contributed by atoms with E-state index in [1.165, 1.54) is 4.90 Å². The molecule has 3 N–H and O–H groups in total. The normalized spacial score (nSPS) is 19.4. The number of carbonyl (C=O) groups excluding carboxylic acids is 3. The minimum atomic E-state index is -0.893. The Bertz CT molecular complexity index is 1110. The molecule has 1 aliphatic heterocycles. The summed E-state index contributed by atoms with van der Waals surface area (Å²) in [4.78, 5) is 45.8. The average Bonchev–Trinajstić information content (AvgIpc) is 3.41. The van der Waals surface area contributed by atoms with Gasteiger partial charge in [-0.25, -0.2) is 9.78 Å². The van der Waals surface area contributed by atoms with Crippen molar-refractivity contribution in [2.45, 2.75) is 84.7 Å². The van der Waals surface area contributed by atoms with Crippen LogP contribution < -0.4 is 10.6 Å². The lowest BCUT2D eigenvalue weighted by molar-refractivity contribution is -0.141. The number of ether oxygens (including phenoxy) is 1. The first-order valence-electron chi connectivity index (χ1n) is 12.6. The summed E-state index contributed by atoms with van der Waals surface area (Å²) in [6, 6.07) is 5.89. The zero-order valence-electron chi connectivity index (χ0n) is 22.6. The van der Waals surface area contributed by atoms with Crippen molar-refractivity contribution in [3.63, 3.8) is 0 Å². The Balaban J connectivity index is 1.69. The van der Waals surface area contributed by atoms with Crippen LogP contribution in [0.4, 0.5) is 4.79 Å². The van der Waals surface area contributed by atoms with Crippen LogP contribution in [0, 0.1) is 12.8 Å². The summed E-state index contributed by atoms with van der Waals surface area (Å²) in [6.45, 7) is 12.7. The summed E-state index contributed by atoms with van der Waals surface area (Å²) in [7, 11) is 0. The summed E-state index contributed by atoms with van der Waals surface area (Å²) < 4.78 is 5.31. The highest BCUT2D eigenvalue weighted by Gasteiger charge is 2.42. The van der Waals surface area contributed by atoms with Crippen LogP contribution in [0.1, 0.15) is 65.3 Å². The van der Waals surface area contributed by atoms with Crippen molar-refractivity contribution < 1.29 is 24.2 Å². The highest BCUT2D eigenvalue weighted by atomic mass is 32.1. The van der Waals surface area contributed by atoms with Gasteiger partial charge in [0, 0.05) is 13.0 Å². The lowest BCUT2D eigenvalue weighted by Crippen LogP contribution is -2.55. The van der Waals surface area contributed by atoms with Gasteiger partial charge >= 0.3 is 6.09 Å². The van der Waals surface area contributed by atoms with Crippen molar-refractivity contribution in [2.75, 3.05) is 6.54 Å². The molecule has 10 heteroatoms. The third kappa shape index (κ3) is 7.29. The molecule has 2 heterocycles. The predicted molar refractivity (Wildman–Crippen MR) is 143 cm³/mol. The first-order valence-corrected chi connectivity index (χ1v) is 13.4.